The zero-order valence-corrected chi connectivity index (χ0v) is 30.0. The van der Waals surface area contributed by atoms with Gasteiger partial charge in [0.2, 0.25) is 0 Å². The Balaban J connectivity index is 1.51. The number of methoxy groups -OCH3 is 1. The Morgan fingerprint density at radius 3 is 2.71 bits per heavy atom. The molecule has 0 bridgehead atoms. The predicted octanol–water partition coefficient (Wildman–Crippen LogP) is 6.70. The van der Waals surface area contributed by atoms with Gasteiger partial charge >= 0.3 is 11.9 Å². The molecular weight excluding hydrogens is 626 g/mol. The molecule has 8 nitrogen and oxygen atoms in total. The first-order valence-corrected chi connectivity index (χ1v) is 18.8. The van der Waals surface area contributed by atoms with E-state index in [0.29, 0.717) is 25.7 Å². The maximum Gasteiger partial charge on any atom is 0.309 e. The van der Waals surface area contributed by atoms with E-state index < -0.39 is 18.2 Å². The number of carboxylic acid groups (broad SMARTS) is 1. The molecule has 2 aliphatic carbocycles. The summed E-state index contributed by atoms with van der Waals surface area (Å²) in [5, 5.41) is 23.7. The monoisotopic (exact) mass is 683 g/mol. The van der Waals surface area contributed by atoms with Crippen LogP contribution in [0, 0.1) is 35.5 Å². The summed E-state index contributed by atoms with van der Waals surface area (Å²) < 4.78 is 19.0. The number of rotatable bonds is 19. The van der Waals surface area contributed by atoms with E-state index in [4.69, 9.17) is 19.3 Å². The maximum atomic E-state index is 14.0. The minimum absolute atomic E-state index is 0.0375. The highest BCUT2D eigenvalue weighted by Gasteiger charge is 2.52. The van der Waals surface area contributed by atoms with E-state index in [1.165, 1.54) is 6.42 Å². The van der Waals surface area contributed by atoms with Crippen LogP contribution in [-0.4, -0.2) is 66.1 Å². The van der Waals surface area contributed by atoms with Crippen molar-refractivity contribution in [2.75, 3.05) is 19.4 Å². The number of aliphatic hydroxyl groups excluding tert-OH is 1. The molecule has 0 aromatic heterocycles. The number of thiol groups is 1. The minimum atomic E-state index is -0.805. The van der Waals surface area contributed by atoms with Crippen LogP contribution in [0.2, 0.25) is 0 Å². The smallest absolute Gasteiger partial charge is 0.309 e. The van der Waals surface area contributed by atoms with Gasteiger partial charge in [-0.05, 0) is 69.2 Å². The second kappa shape index (κ2) is 19.6. The number of carbonyl (C=O) groups is 2. The van der Waals surface area contributed by atoms with Crippen molar-refractivity contribution in [2.24, 2.45) is 23.7 Å². The van der Waals surface area contributed by atoms with E-state index in [0.717, 1.165) is 74.1 Å². The molecular formula is C39H57NO7S. The highest BCUT2D eigenvalue weighted by molar-refractivity contribution is 7.80. The molecule has 0 saturated heterocycles. The van der Waals surface area contributed by atoms with Crippen molar-refractivity contribution in [1.82, 2.24) is 5.32 Å². The van der Waals surface area contributed by atoms with Crippen LogP contribution < -0.4 is 10.1 Å². The van der Waals surface area contributed by atoms with E-state index in [-0.39, 0.29) is 54.3 Å². The SMILES string of the molecule is CC#CC[C@H](C)[C@H](O)/C=C/[C@H]1C(OC(=O)[C@H]2CCCC[C@H]2C(NCCCCCCS)OC)C[C@@H]2Oc3c(CCCC(=O)O)cccc3[C@@H]21. The van der Waals surface area contributed by atoms with Gasteiger partial charge in [-0.2, -0.15) is 12.6 Å². The number of aliphatic carboxylic acids is 1. The number of hydrogen-bond acceptors (Lipinski definition) is 8. The second-order valence-electron chi connectivity index (χ2n) is 13.8. The number of carbonyl (C=O) groups excluding carboxylic acids is 1. The van der Waals surface area contributed by atoms with Crippen LogP contribution in [0.3, 0.4) is 0 Å². The standard InChI is InChI=1S/C39H57NO7S/c1-4-5-14-26(2)32(41)22-21-30-33(25-34-36(30)31-19-12-15-27(37(31)46-34)16-13-20-35(42)43)47-39(44)29-18-9-8-17-28(29)38(45-3)40-23-10-6-7-11-24-48/h12,15,19,21-22,26,28-30,32-34,36,38,40-41,48H,6-11,13-14,16-18,20,23-25H2,1-3H3,(H,42,43)/b22-21+/t26-,28+,29-,30-,32+,33?,34-,36-,38?/m0/s1. The van der Waals surface area contributed by atoms with Gasteiger partial charge < -0.3 is 24.4 Å². The molecule has 1 aromatic carbocycles. The number of ether oxygens (including phenoxy) is 3. The lowest BCUT2D eigenvalue weighted by molar-refractivity contribution is -0.162. The zero-order valence-electron chi connectivity index (χ0n) is 29.1. The summed E-state index contributed by atoms with van der Waals surface area (Å²) in [5.41, 5.74) is 2.07. The molecule has 3 N–H and O–H groups in total. The molecule has 48 heavy (non-hydrogen) atoms. The summed E-state index contributed by atoms with van der Waals surface area (Å²) >= 11 is 4.31. The highest BCUT2D eigenvalue weighted by atomic mass is 32.1. The Labute approximate surface area is 293 Å². The highest BCUT2D eigenvalue weighted by Crippen LogP contribution is 2.53. The quantitative estimate of drug-likeness (QED) is 0.0319. The predicted molar refractivity (Wildman–Crippen MR) is 191 cm³/mol. The first-order valence-electron chi connectivity index (χ1n) is 18.1. The van der Waals surface area contributed by atoms with Crippen molar-refractivity contribution in [3.05, 3.63) is 41.5 Å². The summed E-state index contributed by atoms with van der Waals surface area (Å²) in [5.74, 6) is 6.28. The van der Waals surface area contributed by atoms with E-state index in [1.54, 1.807) is 14.0 Å². The normalized spacial score (nSPS) is 26.5. The fourth-order valence-electron chi connectivity index (χ4n) is 7.81. The average Bonchev–Trinajstić information content (AvgIpc) is 3.61. The molecule has 3 aliphatic rings. The molecule has 266 valence electrons. The van der Waals surface area contributed by atoms with Crippen molar-refractivity contribution in [3.8, 4) is 17.6 Å². The Morgan fingerprint density at radius 2 is 1.96 bits per heavy atom. The lowest BCUT2D eigenvalue weighted by Gasteiger charge is -2.36. The topological polar surface area (TPSA) is 114 Å². The summed E-state index contributed by atoms with van der Waals surface area (Å²) in [6, 6.07) is 6.09. The number of nitrogens with one attached hydrogen (secondary N) is 1. The number of esters is 1. The van der Waals surface area contributed by atoms with Gasteiger partial charge in [-0.3, -0.25) is 14.9 Å². The molecule has 0 radical (unpaired) electrons. The summed E-state index contributed by atoms with van der Waals surface area (Å²) in [6.07, 6.45) is 13.1. The van der Waals surface area contributed by atoms with Gasteiger partial charge in [0.05, 0.1) is 12.0 Å². The first-order chi connectivity index (χ1) is 23.3. The van der Waals surface area contributed by atoms with Gasteiger partial charge in [-0.25, -0.2) is 0 Å². The number of hydrogen-bond donors (Lipinski definition) is 4. The van der Waals surface area contributed by atoms with E-state index in [1.807, 2.05) is 31.2 Å². The Bertz CT molecular complexity index is 1270. The number of aliphatic hydroxyl groups is 1. The molecule has 0 spiro atoms. The van der Waals surface area contributed by atoms with Crippen LogP contribution in [0.1, 0.15) is 108 Å². The molecule has 1 aromatic rings. The van der Waals surface area contributed by atoms with Gasteiger partial charge in [0.1, 0.15) is 24.2 Å². The largest absolute Gasteiger partial charge is 0.489 e. The third-order valence-corrected chi connectivity index (χ3v) is 10.8. The van der Waals surface area contributed by atoms with Crippen molar-refractivity contribution in [1.29, 1.82) is 0 Å². The van der Waals surface area contributed by atoms with Crippen LogP contribution in [0.15, 0.2) is 30.4 Å². The second-order valence-corrected chi connectivity index (χ2v) is 14.3. The molecule has 2 saturated carbocycles. The molecule has 1 heterocycles. The summed E-state index contributed by atoms with van der Waals surface area (Å²) in [7, 11) is 1.72. The third kappa shape index (κ3) is 10.3. The molecule has 2 fully saturated rings. The van der Waals surface area contributed by atoms with Crippen molar-refractivity contribution in [3.63, 3.8) is 0 Å². The van der Waals surface area contributed by atoms with Crippen molar-refractivity contribution in [2.45, 2.75) is 128 Å². The van der Waals surface area contributed by atoms with Crippen molar-refractivity contribution >= 4 is 24.6 Å². The maximum absolute atomic E-state index is 14.0. The summed E-state index contributed by atoms with van der Waals surface area (Å²) in [6.45, 7) is 4.63. The van der Waals surface area contributed by atoms with Crippen LogP contribution in [0.4, 0.5) is 0 Å². The van der Waals surface area contributed by atoms with Crippen LogP contribution in [0.5, 0.6) is 5.75 Å². The number of fused-ring (bicyclic) bond motifs is 3. The average molecular weight is 684 g/mol. The Kier molecular flexibility index (Phi) is 15.7. The molecule has 2 unspecified atom stereocenters. The van der Waals surface area contributed by atoms with Gasteiger partial charge in [0.25, 0.3) is 0 Å². The lowest BCUT2D eigenvalue weighted by atomic mass is 9.78. The van der Waals surface area contributed by atoms with E-state index in [2.05, 4.69) is 35.9 Å². The fourth-order valence-corrected chi connectivity index (χ4v) is 8.03. The zero-order chi connectivity index (χ0) is 34.5. The van der Waals surface area contributed by atoms with Crippen LogP contribution in [-0.2, 0) is 25.5 Å². The van der Waals surface area contributed by atoms with Gasteiger partial charge in [0, 0.05) is 49.7 Å². The van der Waals surface area contributed by atoms with Crippen molar-refractivity contribution < 1.29 is 34.0 Å². The Morgan fingerprint density at radius 1 is 1.17 bits per heavy atom. The molecule has 4 rings (SSSR count). The Hall–Kier alpha value is -2.51. The lowest BCUT2D eigenvalue weighted by Crippen LogP contribution is -2.46. The van der Waals surface area contributed by atoms with E-state index >= 15 is 0 Å². The van der Waals surface area contributed by atoms with Gasteiger partial charge in [0.15, 0.2) is 0 Å². The number of unbranched alkanes of at least 4 members (excludes halogenated alkanes) is 3. The molecule has 9 atom stereocenters. The fraction of sp³-hybridized carbons (Fsp3) is 0.692. The summed E-state index contributed by atoms with van der Waals surface area (Å²) in [4.78, 5) is 25.2. The number of para-hydroxylation sites is 1. The number of aryl methyl sites for hydroxylation is 1. The molecule has 1 aliphatic heterocycles. The van der Waals surface area contributed by atoms with Crippen LogP contribution in [0.25, 0.3) is 0 Å². The third-order valence-electron chi connectivity index (χ3n) is 10.5. The van der Waals surface area contributed by atoms with E-state index in [9.17, 15) is 14.7 Å². The number of benzene rings is 1. The van der Waals surface area contributed by atoms with Crippen LogP contribution >= 0.6 is 12.6 Å². The first kappa shape index (κ1) is 38.3. The molecule has 0 amide bonds. The minimum Gasteiger partial charge on any atom is -0.489 e. The van der Waals surface area contributed by atoms with Gasteiger partial charge in [-0.15, -0.1) is 11.8 Å². The van der Waals surface area contributed by atoms with Gasteiger partial charge in [-0.1, -0.05) is 63.0 Å². The molecule has 9 heteroatoms. The number of carboxylic acids is 1.